The van der Waals surface area contributed by atoms with Crippen LogP contribution in [0.4, 0.5) is 4.39 Å². The average molecular weight is 392 g/mol. The van der Waals surface area contributed by atoms with Gasteiger partial charge in [0.1, 0.15) is 5.82 Å². The molecule has 0 spiro atoms. The molecule has 0 aliphatic carbocycles. The van der Waals surface area contributed by atoms with Crippen molar-refractivity contribution in [1.29, 1.82) is 0 Å². The van der Waals surface area contributed by atoms with Crippen LogP contribution in [0.1, 0.15) is 21.5 Å². The normalized spacial score (nSPS) is 10.2. The molecule has 0 heterocycles. The van der Waals surface area contributed by atoms with Gasteiger partial charge in [-0.2, -0.15) is 0 Å². The minimum atomic E-state index is -0.379. The molecule has 3 nitrogen and oxygen atoms in total. The van der Waals surface area contributed by atoms with Crippen molar-refractivity contribution < 1.29 is 9.18 Å². The van der Waals surface area contributed by atoms with Gasteiger partial charge in [-0.25, -0.2) is 4.39 Å². The summed E-state index contributed by atoms with van der Waals surface area (Å²) in [4.78, 5) is 11.9. The predicted molar refractivity (Wildman–Crippen MR) is 98.9 cm³/mol. The fraction of sp³-hybridized carbons (Fsp3) is 0.235. The Morgan fingerprint density at radius 3 is 2.50 bits per heavy atom. The van der Waals surface area contributed by atoms with Gasteiger partial charge in [0.2, 0.25) is 0 Å². The molecule has 130 valence electrons. The van der Waals surface area contributed by atoms with Crippen LogP contribution in [0, 0.1) is 12.7 Å². The van der Waals surface area contributed by atoms with Gasteiger partial charge in [0.25, 0.3) is 5.91 Å². The van der Waals surface area contributed by atoms with Crippen molar-refractivity contribution in [2.24, 2.45) is 0 Å². The average Bonchev–Trinajstić information content (AvgIpc) is 2.53. The van der Waals surface area contributed by atoms with Crippen LogP contribution in [-0.4, -0.2) is 19.0 Å². The largest absolute Gasteiger partial charge is 0.351 e. The van der Waals surface area contributed by atoms with E-state index in [0.29, 0.717) is 40.8 Å². The number of nitrogens with one attached hydrogen (secondary N) is 2. The first-order valence-electron chi connectivity index (χ1n) is 7.16. The Bertz CT molecular complexity index is 710. The Hall–Kier alpha value is -1.33. The molecule has 0 saturated carbocycles. The Labute approximate surface area is 156 Å². The topological polar surface area (TPSA) is 41.1 Å². The molecule has 2 N–H and O–H groups in total. The van der Waals surface area contributed by atoms with Crippen LogP contribution in [0.25, 0.3) is 0 Å². The lowest BCUT2D eigenvalue weighted by molar-refractivity contribution is 0.0953. The second-order valence-electron chi connectivity index (χ2n) is 5.15. The summed E-state index contributed by atoms with van der Waals surface area (Å²) in [5, 5.41) is 6.96. The van der Waals surface area contributed by atoms with Crippen molar-refractivity contribution in [3.05, 3.63) is 69.0 Å². The van der Waals surface area contributed by atoms with Crippen LogP contribution in [0.15, 0.2) is 36.4 Å². The third-order valence-electron chi connectivity index (χ3n) is 3.33. The summed E-state index contributed by atoms with van der Waals surface area (Å²) < 4.78 is 13.4. The van der Waals surface area contributed by atoms with Crippen LogP contribution >= 0.6 is 35.6 Å². The highest BCUT2D eigenvalue weighted by atomic mass is 35.5. The van der Waals surface area contributed by atoms with Crippen molar-refractivity contribution in [3.63, 3.8) is 0 Å². The molecule has 7 heteroatoms. The second-order valence-corrected chi connectivity index (χ2v) is 5.96. The number of aryl methyl sites for hydroxylation is 1. The number of hydrogen-bond donors (Lipinski definition) is 2. The van der Waals surface area contributed by atoms with Crippen molar-refractivity contribution in [1.82, 2.24) is 10.6 Å². The smallest absolute Gasteiger partial charge is 0.251 e. The number of carbonyl (C=O) groups excluding carboxylic acids is 1. The summed E-state index contributed by atoms with van der Waals surface area (Å²) in [6, 6.07) is 9.87. The number of halogens is 4. The third kappa shape index (κ3) is 5.95. The van der Waals surface area contributed by atoms with E-state index >= 15 is 0 Å². The Morgan fingerprint density at radius 2 is 1.83 bits per heavy atom. The predicted octanol–water partition coefficient (Wildman–Crippen LogP) is 4.38. The fourth-order valence-electron chi connectivity index (χ4n) is 1.98. The van der Waals surface area contributed by atoms with Gasteiger partial charge in [-0.05, 0) is 42.3 Å². The SMILES string of the molecule is Cc1ccc(C(=O)NCCNCc2ccc(Cl)c(Cl)c2)cc1F.Cl. The lowest BCUT2D eigenvalue weighted by Gasteiger charge is -2.08. The first-order chi connectivity index (χ1) is 11.0. The van der Waals surface area contributed by atoms with Gasteiger partial charge in [0.05, 0.1) is 10.0 Å². The van der Waals surface area contributed by atoms with Gasteiger partial charge in [-0.3, -0.25) is 4.79 Å². The minimum Gasteiger partial charge on any atom is -0.351 e. The van der Waals surface area contributed by atoms with E-state index in [-0.39, 0.29) is 24.1 Å². The first kappa shape index (κ1) is 20.7. The van der Waals surface area contributed by atoms with Crippen LogP contribution < -0.4 is 10.6 Å². The standard InChI is InChI=1S/C17H17Cl2FN2O.ClH/c1-11-2-4-13(9-16(11)20)17(23)22-7-6-21-10-12-3-5-14(18)15(19)8-12;/h2-5,8-9,21H,6-7,10H2,1H3,(H,22,23);1H. The summed E-state index contributed by atoms with van der Waals surface area (Å²) in [5.74, 6) is -0.671. The maximum atomic E-state index is 13.4. The third-order valence-corrected chi connectivity index (χ3v) is 4.07. The molecule has 2 aromatic carbocycles. The first-order valence-corrected chi connectivity index (χ1v) is 7.92. The molecule has 0 fully saturated rings. The molecule has 0 aromatic heterocycles. The van der Waals surface area contributed by atoms with E-state index in [2.05, 4.69) is 10.6 Å². The van der Waals surface area contributed by atoms with Crippen LogP contribution in [0.3, 0.4) is 0 Å². The summed E-state index contributed by atoms with van der Waals surface area (Å²) in [5.41, 5.74) is 1.84. The summed E-state index contributed by atoms with van der Waals surface area (Å²) >= 11 is 11.8. The zero-order valence-corrected chi connectivity index (χ0v) is 15.4. The molecule has 2 rings (SSSR count). The van der Waals surface area contributed by atoms with Gasteiger partial charge in [-0.1, -0.05) is 35.3 Å². The lowest BCUT2D eigenvalue weighted by atomic mass is 10.1. The van der Waals surface area contributed by atoms with Gasteiger partial charge in [0, 0.05) is 25.2 Å². The van der Waals surface area contributed by atoms with E-state index < -0.39 is 0 Å². The Balaban J connectivity index is 0.00000288. The molecule has 0 aliphatic rings. The quantitative estimate of drug-likeness (QED) is 0.717. The van der Waals surface area contributed by atoms with Crippen molar-refractivity contribution in [3.8, 4) is 0 Å². The van der Waals surface area contributed by atoms with Gasteiger partial charge >= 0.3 is 0 Å². The van der Waals surface area contributed by atoms with Crippen LogP contribution in [0.2, 0.25) is 10.0 Å². The van der Waals surface area contributed by atoms with E-state index in [1.165, 1.54) is 6.07 Å². The van der Waals surface area contributed by atoms with Crippen molar-refractivity contribution >= 4 is 41.5 Å². The van der Waals surface area contributed by atoms with Gasteiger partial charge in [0.15, 0.2) is 0 Å². The Morgan fingerprint density at radius 1 is 1.08 bits per heavy atom. The van der Waals surface area contributed by atoms with Crippen molar-refractivity contribution in [2.75, 3.05) is 13.1 Å². The number of hydrogen-bond acceptors (Lipinski definition) is 2. The second kappa shape index (κ2) is 9.84. The zero-order valence-electron chi connectivity index (χ0n) is 13.0. The van der Waals surface area contributed by atoms with Gasteiger partial charge < -0.3 is 10.6 Å². The molecule has 1 amide bonds. The van der Waals surface area contributed by atoms with Crippen LogP contribution in [0.5, 0.6) is 0 Å². The number of rotatable bonds is 6. The molecule has 24 heavy (non-hydrogen) atoms. The molecule has 0 radical (unpaired) electrons. The number of carbonyl (C=O) groups is 1. The van der Waals surface area contributed by atoms with Gasteiger partial charge in [-0.15, -0.1) is 12.4 Å². The lowest BCUT2D eigenvalue weighted by Crippen LogP contribution is -2.31. The maximum absolute atomic E-state index is 13.4. The highest BCUT2D eigenvalue weighted by Crippen LogP contribution is 2.22. The minimum absolute atomic E-state index is 0. The zero-order chi connectivity index (χ0) is 16.8. The van der Waals surface area contributed by atoms with E-state index in [1.807, 2.05) is 6.07 Å². The molecular formula is C17H18Cl3FN2O. The van der Waals surface area contributed by atoms with Crippen LogP contribution in [-0.2, 0) is 6.54 Å². The summed E-state index contributed by atoms with van der Waals surface area (Å²) in [6.07, 6.45) is 0. The van der Waals surface area contributed by atoms with E-state index in [9.17, 15) is 9.18 Å². The van der Waals surface area contributed by atoms with E-state index in [1.54, 1.807) is 31.2 Å². The Kier molecular flexibility index (Phi) is 8.50. The molecule has 0 bridgehead atoms. The molecule has 0 atom stereocenters. The monoisotopic (exact) mass is 390 g/mol. The van der Waals surface area contributed by atoms with Crippen molar-refractivity contribution in [2.45, 2.75) is 13.5 Å². The van der Waals surface area contributed by atoms with E-state index in [4.69, 9.17) is 23.2 Å². The fourth-order valence-corrected chi connectivity index (χ4v) is 2.30. The molecule has 0 aliphatic heterocycles. The number of benzene rings is 2. The van der Waals surface area contributed by atoms with E-state index in [0.717, 1.165) is 5.56 Å². The summed E-state index contributed by atoms with van der Waals surface area (Å²) in [7, 11) is 0. The highest BCUT2D eigenvalue weighted by Gasteiger charge is 2.07. The maximum Gasteiger partial charge on any atom is 0.251 e. The molecule has 0 saturated heterocycles. The molecular weight excluding hydrogens is 374 g/mol. The highest BCUT2D eigenvalue weighted by molar-refractivity contribution is 6.42. The summed E-state index contributed by atoms with van der Waals surface area (Å²) in [6.45, 7) is 3.30. The molecule has 0 unspecified atom stereocenters. The molecule has 2 aromatic rings. The number of amides is 1.